The highest BCUT2D eigenvalue weighted by Crippen LogP contribution is 2.29. The van der Waals surface area contributed by atoms with E-state index >= 15 is 0 Å². The summed E-state index contributed by atoms with van der Waals surface area (Å²) in [5, 5.41) is 3.44. The Bertz CT molecular complexity index is 610. The fraction of sp³-hybridized carbons (Fsp3) is 0.294. The Kier molecular flexibility index (Phi) is 3.59. The Hall–Kier alpha value is -2.03. The second-order valence-electron chi connectivity index (χ2n) is 5.09. The number of benzene rings is 2. The Morgan fingerprint density at radius 2 is 2.00 bits per heavy atom. The van der Waals surface area contributed by atoms with E-state index in [-0.39, 0.29) is 5.82 Å². The van der Waals surface area contributed by atoms with E-state index in [4.69, 9.17) is 0 Å². The first-order chi connectivity index (χ1) is 9.79. The van der Waals surface area contributed by atoms with Crippen LogP contribution in [0.5, 0.6) is 0 Å². The standard InChI is InChI=1S/C17H19FN2/c1-2-20(16-9-4-3-8-15(16)18)12-14-7-5-6-13-10-11-19-17(13)14/h3-9,19H,2,10-12H2,1H3. The molecular formula is C17H19FN2. The van der Waals surface area contributed by atoms with Gasteiger partial charge in [-0.1, -0.05) is 30.3 Å². The topological polar surface area (TPSA) is 15.3 Å². The molecule has 1 N–H and O–H groups in total. The molecule has 3 heteroatoms. The molecule has 0 aliphatic carbocycles. The van der Waals surface area contributed by atoms with Gasteiger partial charge in [0.1, 0.15) is 5.82 Å². The van der Waals surface area contributed by atoms with Crippen LogP contribution in [0, 0.1) is 5.82 Å². The fourth-order valence-corrected chi connectivity index (χ4v) is 2.82. The van der Waals surface area contributed by atoms with Gasteiger partial charge in [0, 0.05) is 25.3 Å². The van der Waals surface area contributed by atoms with Crippen LogP contribution < -0.4 is 10.2 Å². The van der Waals surface area contributed by atoms with E-state index in [1.807, 2.05) is 12.1 Å². The molecule has 0 unspecified atom stereocenters. The maximum Gasteiger partial charge on any atom is 0.146 e. The van der Waals surface area contributed by atoms with Crippen molar-refractivity contribution in [3.63, 3.8) is 0 Å². The summed E-state index contributed by atoms with van der Waals surface area (Å²) >= 11 is 0. The molecule has 0 bridgehead atoms. The van der Waals surface area contributed by atoms with Crippen molar-refractivity contribution < 1.29 is 4.39 Å². The highest BCUT2D eigenvalue weighted by molar-refractivity contribution is 5.62. The highest BCUT2D eigenvalue weighted by atomic mass is 19.1. The van der Waals surface area contributed by atoms with E-state index in [0.717, 1.165) is 26.1 Å². The van der Waals surface area contributed by atoms with Crippen molar-refractivity contribution >= 4 is 11.4 Å². The third-order valence-corrected chi connectivity index (χ3v) is 3.87. The average Bonchev–Trinajstić information content (AvgIpc) is 2.95. The highest BCUT2D eigenvalue weighted by Gasteiger charge is 2.16. The van der Waals surface area contributed by atoms with Crippen LogP contribution in [0.15, 0.2) is 42.5 Å². The SMILES string of the molecule is CCN(Cc1cccc2c1NCC2)c1ccccc1F. The minimum Gasteiger partial charge on any atom is -0.384 e. The van der Waals surface area contributed by atoms with E-state index in [1.54, 1.807) is 6.07 Å². The molecule has 1 aliphatic rings. The van der Waals surface area contributed by atoms with Gasteiger partial charge in [-0.3, -0.25) is 0 Å². The number of nitrogens with zero attached hydrogens (tertiary/aromatic N) is 1. The van der Waals surface area contributed by atoms with Crippen LogP contribution in [0.25, 0.3) is 0 Å². The molecule has 0 atom stereocenters. The van der Waals surface area contributed by atoms with Crippen molar-refractivity contribution in [3.05, 3.63) is 59.4 Å². The number of hydrogen-bond donors (Lipinski definition) is 1. The molecule has 0 fully saturated rings. The summed E-state index contributed by atoms with van der Waals surface area (Å²) in [4.78, 5) is 2.07. The number of fused-ring (bicyclic) bond motifs is 1. The van der Waals surface area contributed by atoms with Gasteiger partial charge in [0.15, 0.2) is 0 Å². The zero-order valence-electron chi connectivity index (χ0n) is 11.7. The van der Waals surface area contributed by atoms with Crippen LogP contribution in [-0.4, -0.2) is 13.1 Å². The summed E-state index contributed by atoms with van der Waals surface area (Å²) in [6.45, 7) is 4.57. The second kappa shape index (κ2) is 5.53. The van der Waals surface area contributed by atoms with E-state index in [9.17, 15) is 4.39 Å². The number of nitrogens with one attached hydrogen (secondary N) is 1. The zero-order chi connectivity index (χ0) is 13.9. The number of anilines is 2. The molecule has 0 saturated heterocycles. The van der Waals surface area contributed by atoms with Crippen LogP contribution >= 0.6 is 0 Å². The maximum absolute atomic E-state index is 13.9. The quantitative estimate of drug-likeness (QED) is 0.908. The van der Waals surface area contributed by atoms with E-state index in [0.29, 0.717) is 5.69 Å². The number of halogens is 1. The second-order valence-corrected chi connectivity index (χ2v) is 5.09. The minimum atomic E-state index is -0.158. The van der Waals surface area contributed by atoms with Gasteiger partial charge in [-0.2, -0.15) is 0 Å². The Morgan fingerprint density at radius 3 is 2.80 bits per heavy atom. The van der Waals surface area contributed by atoms with E-state index < -0.39 is 0 Å². The van der Waals surface area contributed by atoms with Gasteiger partial charge in [0.2, 0.25) is 0 Å². The summed E-state index contributed by atoms with van der Waals surface area (Å²) in [6.07, 6.45) is 1.08. The number of hydrogen-bond acceptors (Lipinski definition) is 2. The van der Waals surface area contributed by atoms with Crippen LogP contribution in [0.2, 0.25) is 0 Å². The Morgan fingerprint density at radius 1 is 1.15 bits per heavy atom. The lowest BCUT2D eigenvalue weighted by molar-refractivity contribution is 0.618. The third kappa shape index (κ3) is 2.36. The van der Waals surface area contributed by atoms with Gasteiger partial charge in [-0.25, -0.2) is 4.39 Å². The van der Waals surface area contributed by atoms with Gasteiger partial charge >= 0.3 is 0 Å². The molecule has 2 nitrogen and oxygen atoms in total. The Labute approximate surface area is 119 Å². The molecule has 20 heavy (non-hydrogen) atoms. The molecule has 0 aromatic heterocycles. The lowest BCUT2D eigenvalue weighted by Gasteiger charge is -2.25. The molecule has 0 amide bonds. The van der Waals surface area contributed by atoms with Crippen LogP contribution in [0.3, 0.4) is 0 Å². The van der Waals surface area contributed by atoms with Crippen molar-refractivity contribution in [1.82, 2.24) is 0 Å². The molecule has 3 rings (SSSR count). The van der Waals surface area contributed by atoms with Gasteiger partial charge in [0.25, 0.3) is 0 Å². The first-order valence-corrected chi connectivity index (χ1v) is 7.13. The fourth-order valence-electron chi connectivity index (χ4n) is 2.82. The summed E-state index contributed by atoms with van der Waals surface area (Å²) < 4.78 is 13.9. The van der Waals surface area contributed by atoms with Crippen molar-refractivity contribution in [1.29, 1.82) is 0 Å². The van der Waals surface area contributed by atoms with Gasteiger partial charge < -0.3 is 10.2 Å². The van der Waals surface area contributed by atoms with Crippen molar-refractivity contribution in [2.75, 3.05) is 23.3 Å². The molecule has 1 heterocycles. The third-order valence-electron chi connectivity index (χ3n) is 3.87. The molecular weight excluding hydrogens is 251 g/mol. The van der Waals surface area contributed by atoms with Crippen LogP contribution in [0.1, 0.15) is 18.1 Å². The van der Waals surface area contributed by atoms with Gasteiger partial charge in [-0.15, -0.1) is 0 Å². The maximum atomic E-state index is 13.9. The smallest absolute Gasteiger partial charge is 0.146 e. The first kappa shape index (κ1) is 13.0. The lowest BCUT2D eigenvalue weighted by atomic mass is 10.1. The molecule has 1 aliphatic heterocycles. The average molecular weight is 270 g/mol. The molecule has 0 radical (unpaired) electrons. The molecule has 0 spiro atoms. The van der Waals surface area contributed by atoms with Crippen molar-refractivity contribution in [3.8, 4) is 0 Å². The summed E-state index contributed by atoms with van der Waals surface area (Å²) in [7, 11) is 0. The normalized spacial score (nSPS) is 12.9. The largest absolute Gasteiger partial charge is 0.384 e. The number of para-hydroxylation sites is 2. The van der Waals surface area contributed by atoms with Crippen molar-refractivity contribution in [2.45, 2.75) is 19.9 Å². The van der Waals surface area contributed by atoms with Gasteiger partial charge in [-0.05, 0) is 36.6 Å². The molecule has 104 valence electrons. The van der Waals surface area contributed by atoms with Crippen molar-refractivity contribution in [2.24, 2.45) is 0 Å². The summed E-state index contributed by atoms with van der Waals surface area (Å²) in [5.41, 5.74) is 4.52. The lowest BCUT2D eigenvalue weighted by Crippen LogP contribution is -2.23. The summed E-state index contributed by atoms with van der Waals surface area (Å²) in [5.74, 6) is -0.158. The van der Waals surface area contributed by atoms with E-state index in [1.165, 1.54) is 22.9 Å². The van der Waals surface area contributed by atoms with E-state index in [2.05, 4.69) is 35.3 Å². The minimum absolute atomic E-state index is 0.158. The van der Waals surface area contributed by atoms with Crippen LogP contribution in [0.4, 0.5) is 15.8 Å². The monoisotopic (exact) mass is 270 g/mol. The van der Waals surface area contributed by atoms with Gasteiger partial charge in [0.05, 0.1) is 5.69 Å². The molecule has 2 aromatic carbocycles. The molecule has 2 aromatic rings. The number of rotatable bonds is 4. The Balaban J connectivity index is 1.90. The summed E-state index contributed by atoms with van der Waals surface area (Å²) in [6, 6.07) is 13.4. The molecule has 0 saturated carbocycles. The van der Waals surface area contributed by atoms with Crippen LogP contribution in [-0.2, 0) is 13.0 Å². The zero-order valence-corrected chi connectivity index (χ0v) is 11.7. The predicted octanol–water partition coefficient (Wildman–Crippen LogP) is 3.82. The first-order valence-electron chi connectivity index (χ1n) is 7.13. The predicted molar refractivity (Wildman–Crippen MR) is 81.8 cm³/mol.